The van der Waals surface area contributed by atoms with Crippen molar-refractivity contribution in [3.05, 3.63) is 30.3 Å². The molecule has 0 aliphatic rings. The Balaban J connectivity index is 2.51. The van der Waals surface area contributed by atoms with Crippen molar-refractivity contribution in [3.63, 3.8) is 0 Å². The fourth-order valence-corrected chi connectivity index (χ4v) is 1.79. The molecular weight excluding hydrogens is 176 g/mol. The van der Waals surface area contributed by atoms with Crippen molar-refractivity contribution in [3.8, 4) is 0 Å². The molecule has 1 atom stereocenters. The van der Waals surface area contributed by atoms with Crippen LogP contribution in [0.15, 0.2) is 35.2 Å². The fraction of sp³-hybridized carbons (Fsp3) is 0.333. The lowest BCUT2D eigenvalue weighted by Crippen LogP contribution is -1.95. The molecule has 0 amide bonds. The third-order valence-corrected chi connectivity index (χ3v) is 3.06. The Labute approximate surface area is 77.0 Å². The molecule has 0 spiro atoms. The normalized spacial score (nSPS) is 12.9. The van der Waals surface area contributed by atoms with Crippen LogP contribution in [0.25, 0.3) is 0 Å². The summed E-state index contributed by atoms with van der Waals surface area (Å²) in [5, 5.41) is 0.499. The molecule has 1 unspecified atom stereocenters. The SMILES string of the molecule is CC(CCl)Sc1ccccc1. The summed E-state index contributed by atoms with van der Waals surface area (Å²) in [6.07, 6.45) is 0. The fourth-order valence-electron chi connectivity index (χ4n) is 0.763. The lowest BCUT2D eigenvalue weighted by molar-refractivity contribution is 1.12. The van der Waals surface area contributed by atoms with E-state index in [0.717, 1.165) is 0 Å². The van der Waals surface area contributed by atoms with Crippen molar-refractivity contribution in [2.75, 3.05) is 5.88 Å². The zero-order chi connectivity index (χ0) is 8.10. The molecule has 0 heterocycles. The summed E-state index contributed by atoms with van der Waals surface area (Å²) in [5.74, 6) is 0.708. The molecule has 0 aliphatic heterocycles. The lowest BCUT2D eigenvalue weighted by atomic mass is 10.4. The molecule has 0 fully saturated rings. The molecule has 0 saturated carbocycles. The molecule has 0 aromatic heterocycles. The van der Waals surface area contributed by atoms with Crippen molar-refractivity contribution >= 4 is 23.4 Å². The van der Waals surface area contributed by atoms with Crippen LogP contribution < -0.4 is 0 Å². The first-order valence-corrected chi connectivity index (χ1v) is 5.02. The monoisotopic (exact) mass is 186 g/mol. The Kier molecular flexibility index (Phi) is 3.81. The van der Waals surface area contributed by atoms with E-state index >= 15 is 0 Å². The van der Waals surface area contributed by atoms with Crippen LogP contribution in [0.2, 0.25) is 0 Å². The third kappa shape index (κ3) is 3.17. The van der Waals surface area contributed by atoms with Gasteiger partial charge in [0.2, 0.25) is 0 Å². The van der Waals surface area contributed by atoms with E-state index in [1.165, 1.54) is 4.90 Å². The Morgan fingerprint density at radius 1 is 1.36 bits per heavy atom. The first kappa shape index (κ1) is 8.95. The highest BCUT2D eigenvalue weighted by atomic mass is 35.5. The second kappa shape index (κ2) is 4.68. The van der Waals surface area contributed by atoms with Gasteiger partial charge in [0.1, 0.15) is 0 Å². The first-order chi connectivity index (χ1) is 5.33. The van der Waals surface area contributed by atoms with Crippen molar-refractivity contribution in [2.45, 2.75) is 17.1 Å². The van der Waals surface area contributed by atoms with Gasteiger partial charge >= 0.3 is 0 Å². The van der Waals surface area contributed by atoms with Crippen LogP contribution in [-0.4, -0.2) is 11.1 Å². The predicted octanol–water partition coefficient (Wildman–Crippen LogP) is 3.41. The van der Waals surface area contributed by atoms with E-state index in [2.05, 4.69) is 19.1 Å². The van der Waals surface area contributed by atoms with Gasteiger partial charge in [0.25, 0.3) is 0 Å². The average molecular weight is 187 g/mol. The molecule has 1 rings (SSSR count). The van der Waals surface area contributed by atoms with E-state index in [9.17, 15) is 0 Å². The van der Waals surface area contributed by atoms with Crippen molar-refractivity contribution in [2.24, 2.45) is 0 Å². The minimum atomic E-state index is 0.499. The zero-order valence-electron chi connectivity index (χ0n) is 6.46. The molecule has 1 aromatic carbocycles. The highest BCUT2D eigenvalue weighted by molar-refractivity contribution is 8.00. The highest BCUT2D eigenvalue weighted by Crippen LogP contribution is 2.22. The Morgan fingerprint density at radius 3 is 2.55 bits per heavy atom. The first-order valence-electron chi connectivity index (χ1n) is 3.60. The molecule has 0 bridgehead atoms. The molecule has 0 saturated heterocycles. The van der Waals surface area contributed by atoms with Crippen molar-refractivity contribution in [1.29, 1.82) is 0 Å². The minimum absolute atomic E-state index is 0.499. The van der Waals surface area contributed by atoms with Crippen molar-refractivity contribution in [1.82, 2.24) is 0 Å². The molecule has 0 nitrogen and oxygen atoms in total. The van der Waals surface area contributed by atoms with E-state index in [-0.39, 0.29) is 0 Å². The lowest BCUT2D eigenvalue weighted by Gasteiger charge is -2.05. The summed E-state index contributed by atoms with van der Waals surface area (Å²) in [7, 11) is 0. The standard InChI is InChI=1S/C9H11ClS/c1-8(7-10)11-9-5-3-2-4-6-9/h2-6,8H,7H2,1H3. The summed E-state index contributed by atoms with van der Waals surface area (Å²) < 4.78 is 0. The highest BCUT2D eigenvalue weighted by Gasteiger charge is 2.00. The van der Waals surface area contributed by atoms with Crippen LogP contribution in [0.3, 0.4) is 0 Å². The number of halogens is 1. The van der Waals surface area contributed by atoms with Crippen molar-refractivity contribution < 1.29 is 0 Å². The topological polar surface area (TPSA) is 0 Å². The van der Waals surface area contributed by atoms with Gasteiger partial charge < -0.3 is 0 Å². The molecule has 0 aliphatic carbocycles. The van der Waals surface area contributed by atoms with Gasteiger partial charge in [0.05, 0.1) is 0 Å². The van der Waals surface area contributed by atoms with Gasteiger partial charge in [-0.3, -0.25) is 0 Å². The van der Waals surface area contributed by atoms with Crippen LogP contribution in [0.4, 0.5) is 0 Å². The Morgan fingerprint density at radius 2 is 2.00 bits per heavy atom. The summed E-state index contributed by atoms with van der Waals surface area (Å²) in [6.45, 7) is 2.13. The molecule has 1 aromatic rings. The van der Waals surface area contributed by atoms with E-state index in [1.807, 2.05) is 30.0 Å². The number of hydrogen-bond donors (Lipinski definition) is 0. The van der Waals surface area contributed by atoms with Gasteiger partial charge in [-0.25, -0.2) is 0 Å². The maximum Gasteiger partial charge on any atom is 0.0343 e. The van der Waals surface area contributed by atoms with Crippen LogP contribution in [0.5, 0.6) is 0 Å². The van der Waals surface area contributed by atoms with Gasteiger partial charge in [-0.2, -0.15) is 0 Å². The van der Waals surface area contributed by atoms with Gasteiger partial charge in [-0.05, 0) is 12.1 Å². The average Bonchev–Trinajstić information content (AvgIpc) is 2.06. The summed E-state index contributed by atoms with van der Waals surface area (Å²) >= 11 is 7.49. The molecule has 0 N–H and O–H groups in total. The molecule has 2 heteroatoms. The zero-order valence-corrected chi connectivity index (χ0v) is 8.03. The van der Waals surface area contributed by atoms with Crippen LogP contribution in [-0.2, 0) is 0 Å². The number of hydrogen-bond acceptors (Lipinski definition) is 1. The molecule has 11 heavy (non-hydrogen) atoms. The van der Waals surface area contributed by atoms with Crippen LogP contribution >= 0.6 is 23.4 Å². The molecular formula is C9H11ClS. The maximum atomic E-state index is 5.68. The second-order valence-electron chi connectivity index (χ2n) is 2.40. The summed E-state index contributed by atoms with van der Waals surface area (Å²) in [4.78, 5) is 1.29. The van der Waals surface area contributed by atoms with E-state index < -0.39 is 0 Å². The smallest absolute Gasteiger partial charge is 0.0343 e. The van der Waals surface area contributed by atoms with E-state index in [1.54, 1.807) is 0 Å². The number of alkyl halides is 1. The molecule has 0 radical (unpaired) electrons. The number of rotatable bonds is 3. The number of benzene rings is 1. The maximum absolute atomic E-state index is 5.68. The minimum Gasteiger partial charge on any atom is -0.126 e. The van der Waals surface area contributed by atoms with Crippen LogP contribution in [0.1, 0.15) is 6.92 Å². The predicted molar refractivity (Wildman–Crippen MR) is 52.5 cm³/mol. The second-order valence-corrected chi connectivity index (χ2v) is 4.22. The van der Waals surface area contributed by atoms with E-state index in [4.69, 9.17) is 11.6 Å². The number of thioether (sulfide) groups is 1. The summed E-state index contributed by atoms with van der Waals surface area (Å²) in [6, 6.07) is 10.3. The quantitative estimate of drug-likeness (QED) is 0.515. The molecule has 60 valence electrons. The van der Waals surface area contributed by atoms with Gasteiger partial charge in [-0.15, -0.1) is 23.4 Å². The largest absolute Gasteiger partial charge is 0.126 e. The van der Waals surface area contributed by atoms with Gasteiger partial charge in [-0.1, -0.05) is 25.1 Å². The third-order valence-electron chi connectivity index (χ3n) is 1.30. The van der Waals surface area contributed by atoms with Crippen LogP contribution in [0, 0.1) is 0 Å². The van der Waals surface area contributed by atoms with Gasteiger partial charge in [0, 0.05) is 16.0 Å². The Bertz CT molecular complexity index is 198. The summed E-state index contributed by atoms with van der Waals surface area (Å²) in [5.41, 5.74) is 0. The van der Waals surface area contributed by atoms with Gasteiger partial charge in [0.15, 0.2) is 0 Å². The van der Waals surface area contributed by atoms with E-state index in [0.29, 0.717) is 11.1 Å². The Hall–Kier alpha value is -0.140.